The number of ether oxygens (including phenoxy) is 1. The number of H-pyrrole nitrogens is 1. The molecule has 7 heteroatoms. The number of amides is 1. The molecular formula is C20H28N4O2S. The first kappa shape index (κ1) is 19.6. The van der Waals surface area contributed by atoms with E-state index in [-0.39, 0.29) is 5.91 Å². The number of nitrogens with one attached hydrogen (secondary N) is 2. The molecule has 0 radical (unpaired) electrons. The molecule has 1 heterocycles. The molecule has 146 valence electrons. The minimum Gasteiger partial charge on any atom is -0.481 e. The fraction of sp³-hybridized carbons (Fsp3) is 0.550. The van der Waals surface area contributed by atoms with Crippen LogP contribution in [0.2, 0.25) is 0 Å². The summed E-state index contributed by atoms with van der Waals surface area (Å²) < 4.78 is 8.55. The van der Waals surface area contributed by atoms with E-state index in [2.05, 4.69) is 46.9 Å². The van der Waals surface area contributed by atoms with Crippen molar-refractivity contribution >= 4 is 18.1 Å². The summed E-state index contributed by atoms with van der Waals surface area (Å²) in [5.74, 6) is 1.95. The van der Waals surface area contributed by atoms with Gasteiger partial charge in [0.25, 0.3) is 5.91 Å². The summed E-state index contributed by atoms with van der Waals surface area (Å²) >= 11 is 5.28. The zero-order valence-electron chi connectivity index (χ0n) is 16.4. The Kier molecular flexibility index (Phi) is 5.99. The van der Waals surface area contributed by atoms with Crippen LogP contribution < -0.4 is 10.1 Å². The van der Waals surface area contributed by atoms with Gasteiger partial charge in [-0.2, -0.15) is 5.10 Å². The highest BCUT2D eigenvalue weighted by Gasteiger charge is 2.27. The molecule has 27 heavy (non-hydrogen) atoms. The normalized spacial score (nSPS) is 15.0. The minimum absolute atomic E-state index is 0.132. The van der Waals surface area contributed by atoms with Crippen molar-refractivity contribution in [2.45, 2.75) is 65.0 Å². The van der Waals surface area contributed by atoms with Crippen molar-refractivity contribution in [2.75, 3.05) is 6.54 Å². The molecule has 0 aliphatic heterocycles. The van der Waals surface area contributed by atoms with Crippen molar-refractivity contribution in [3.05, 3.63) is 39.9 Å². The van der Waals surface area contributed by atoms with Crippen molar-refractivity contribution < 1.29 is 9.53 Å². The lowest BCUT2D eigenvalue weighted by Crippen LogP contribution is -2.37. The largest absolute Gasteiger partial charge is 0.481 e. The molecule has 0 bridgehead atoms. The molecular weight excluding hydrogens is 360 g/mol. The minimum atomic E-state index is -0.557. The molecule has 1 aliphatic carbocycles. The zero-order chi connectivity index (χ0) is 19.6. The third-order valence-electron chi connectivity index (χ3n) is 4.88. The molecule has 1 aliphatic rings. The summed E-state index contributed by atoms with van der Waals surface area (Å²) in [5.41, 5.74) is 2.47. The van der Waals surface area contributed by atoms with E-state index in [1.165, 1.54) is 11.1 Å². The van der Waals surface area contributed by atoms with Crippen LogP contribution in [0.1, 0.15) is 62.5 Å². The highest BCUT2D eigenvalue weighted by molar-refractivity contribution is 7.71. The van der Waals surface area contributed by atoms with E-state index in [1.54, 1.807) is 6.92 Å². The maximum Gasteiger partial charge on any atom is 0.260 e. The number of benzene rings is 1. The smallest absolute Gasteiger partial charge is 0.260 e. The molecule has 1 atom stereocenters. The third-order valence-corrected chi connectivity index (χ3v) is 5.17. The van der Waals surface area contributed by atoms with Gasteiger partial charge < -0.3 is 14.6 Å². The molecule has 3 rings (SSSR count). The Morgan fingerprint density at radius 3 is 2.78 bits per heavy atom. The lowest BCUT2D eigenvalue weighted by atomic mass is 9.98. The number of aromatic nitrogens is 3. The van der Waals surface area contributed by atoms with E-state index in [9.17, 15) is 4.79 Å². The Bertz CT molecular complexity index is 867. The molecule has 1 saturated carbocycles. The zero-order valence-corrected chi connectivity index (χ0v) is 17.2. The van der Waals surface area contributed by atoms with Gasteiger partial charge in [-0.25, -0.2) is 0 Å². The number of hydrogen-bond acceptors (Lipinski definition) is 4. The van der Waals surface area contributed by atoms with E-state index < -0.39 is 6.10 Å². The van der Waals surface area contributed by atoms with E-state index in [0.717, 1.165) is 18.7 Å². The van der Waals surface area contributed by atoms with Crippen LogP contribution in [-0.4, -0.2) is 33.3 Å². The van der Waals surface area contributed by atoms with Gasteiger partial charge in [0.1, 0.15) is 11.6 Å². The van der Waals surface area contributed by atoms with Crippen LogP contribution in [0.4, 0.5) is 0 Å². The summed E-state index contributed by atoms with van der Waals surface area (Å²) in [4.78, 5) is 12.3. The maximum absolute atomic E-state index is 12.3. The molecule has 0 saturated heterocycles. The Balaban J connectivity index is 1.51. The summed E-state index contributed by atoms with van der Waals surface area (Å²) in [6.07, 6.45) is 2.38. The first-order valence-electron chi connectivity index (χ1n) is 9.57. The Hall–Kier alpha value is -2.15. The van der Waals surface area contributed by atoms with Crippen molar-refractivity contribution in [3.63, 3.8) is 0 Å². The number of carbonyl (C=O) groups excluding carboxylic acids is 1. The molecule has 1 fully saturated rings. The van der Waals surface area contributed by atoms with E-state index >= 15 is 0 Å². The quantitative estimate of drug-likeness (QED) is 0.674. The number of aromatic amines is 1. The predicted molar refractivity (Wildman–Crippen MR) is 108 cm³/mol. The van der Waals surface area contributed by atoms with Crippen molar-refractivity contribution in [1.29, 1.82) is 0 Å². The first-order valence-corrected chi connectivity index (χ1v) is 9.98. The van der Waals surface area contributed by atoms with E-state index in [1.807, 2.05) is 12.1 Å². The molecule has 2 aromatic rings. The number of carbonyl (C=O) groups is 1. The second kappa shape index (κ2) is 8.25. The molecule has 1 amide bonds. The molecule has 0 spiro atoms. The van der Waals surface area contributed by atoms with Gasteiger partial charge in [-0.3, -0.25) is 9.89 Å². The Morgan fingerprint density at radius 2 is 2.15 bits per heavy atom. The third kappa shape index (κ3) is 4.77. The lowest BCUT2D eigenvalue weighted by Gasteiger charge is -2.17. The molecule has 1 aromatic heterocycles. The maximum atomic E-state index is 12.3. The summed E-state index contributed by atoms with van der Waals surface area (Å²) in [6.45, 7) is 8.67. The number of aryl methyl sites for hydroxylation is 1. The van der Waals surface area contributed by atoms with Gasteiger partial charge in [0, 0.05) is 19.0 Å². The van der Waals surface area contributed by atoms with Crippen LogP contribution in [-0.2, 0) is 11.2 Å². The predicted octanol–water partition coefficient (Wildman–Crippen LogP) is 3.83. The van der Waals surface area contributed by atoms with Crippen LogP contribution in [0.15, 0.2) is 18.2 Å². The monoisotopic (exact) mass is 388 g/mol. The van der Waals surface area contributed by atoms with Gasteiger partial charge in [-0.1, -0.05) is 19.9 Å². The number of rotatable bonds is 8. The number of nitrogens with zero attached hydrogens (tertiary/aromatic N) is 2. The fourth-order valence-corrected chi connectivity index (χ4v) is 3.59. The van der Waals surface area contributed by atoms with Gasteiger partial charge >= 0.3 is 0 Å². The topological polar surface area (TPSA) is 71.9 Å². The Morgan fingerprint density at radius 1 is 1.41 bits per heavy atom. The summed E-state index contributed by atoms with van der Waals surface area (Å²) in [5, 5.41) is 10.1. The summed E-state index contributed by atoms with van der Waals surface area (Å²) in [6, 6.07) is 6.47. The van der Waals surface area contributed by atoms with Gasteiger partial charge in [0.15, 0.2) is 10.9 Å². The Labute approximate surface area is 165 Å². The fourth-order valence-electron chi connectivity index (χ4n) is 3.29. The van der Waals surface area contributed by atoms with Crippen molar-refractivity contribution in [3.8, 4) is 5.75 Å². The van der Waals surface area contributed by atoms with Crippen LogP contribution in [0.25, 0.3) is 0 Å². The number of hydrogen-bond donors (Lipinski definition) is 2. The second-order valence-corrected chi connectivity index (χ2v) is 7.91. The highest BCUT2D eigenvalue weighted by Crippen LogP contribution is 2.35. The van der Waals surface area contributed by atoms with Crippen molar-refractivity contribution in [1.82, 2.24) is 20.1 Å². The van der Waals surface area contributed by atoms with Crippen LogP contribution >= 0.6 is 12.2 Å². The van der Waals surface area contributed by atoms with Crippen LogP contribution in [0.3, 0.4) is 0 Å². The van der Waals surface area contributed by atoms with Crippen LogP contribution in [0, 0.1) is 11.7 Å². The van der Waals surface area contributed by atoms with Gasteiger partial charge in [0.05, 0.1) is 0 Å². The van der Waals surface area contributed by atoms with E-state index in [4.69, 9.17) is 17.0 Å². The average molecular weight is 389 g/mol. The first-order chi connectivity index (χ1) is 12.9. The molecule has 1 unspecified atom stereocenters. The van der Waals surface area contributed by atoms with Crippen LogP contribution in [0.5, 0.6) is 5.75 Å². The van der Waals surface area contributed by atoms with Gasteiger partial charge in [-0.15, -0.1) is 0 Å². The summed E-state index contributed by atoms with van der Waals surface area (Å²) in [7, 11) is 0. The van der Waals surface area contributed by atoms with Gasteiger partial charge in [0.2, 0.25) is 0 Å². The molecule has 6 nitrogen and oxygen atoms in total. The van der Waals surface area contributed by atoms with Crippen molar-refractivity contribution in [2.24, 2.45) is 0 Å². The lowest BCUT2D eigenvalue weighted by molar-refractivity contribution is -0.127. The molecule has 1 aromatic carbocycles. The van der Waals surface area contributed by atoms with Gasteiger partial charge in [-0.05, 0) is 68.1 Å². The second-order valence-electron chi connectivity index (χ2n) is 7.52. The average Bonchev–Trinajstić information content (AvgIpc) is 3.37. The SMILES string of the molecule is Cc1cc(OC(C)C(=O)NCCc2n[nH]c(=S)n2C2CC2)ccc1C(C)C. The highest BCUT2D eigenvalue weighted by atomic mass is 32.1. The van der Waals surface area contributed by atoms with E-state index in [0.29, 0.717) is 35.4 Å². The molecule has 2 N–H and O–H groups in total. The standard InChI is InChI=1S/C20H28N4O2S/c1-12(2)17-8-7-16(11-13(17)3)26-14(4)19(25)21-10-9-18-22-23-20(27)24(18)15-5-6-15/h7-8,11-12,14-15H,5-6,9-10H2,1-4H3,(H,21,25)(H,23,27).